The van der Waals surface area contributed by atoms with Gasteiger partial charge in [-0.05, 0) is 62.6 Å². The van der Waals surface area contributed by atoms with Crippen molar-refractivity contribution >= 4 is 32.5 Å². The van der Waals surface area contributed by atoms with E-state index in [0.717, 1.165) is 23.6 Å². The SMILES string of the molecule is CC(C)(C)OC(=O)N1CCCC(C(=O)c2ccc3cc(S(C)(=O)=O)ccc3c2)C1. The number of rotatable bonds is 3. The van der Waals surface area contributed by atoms with Crippen LogP contribution in [0.5, 0.6) is 0 Å². The number of carbonyl (C=O) groups excluding carboxylic acids is 2. The monoisotopic (exact) mass is 417 g/mol. The average Bonchev–Trinajstić information content (AvgIpc) is 2.64. The topological polar surface area (TPSA) is 80.8 Å². The summed E-state index contributed by atoms with van der Waals surface area (Å²) in [5, 5.41) is 1.58. The van der Waals surface area contributed by atoms with E-state index in [2.05, 4.69) is 0 Å². The van der Waals surface area contributed by atoms with Crippen molar-refractivity contribution in [2.24, 2.45) is 5.92 Å². The van der Waals surface area contributed by atoms with Crippen molar-refractivity contribution < 1.29 is 22.7 Å². The Labute approximate surface area is 171 Å². The van der Waals surface area contributed by atoms with E-state index in [4.69, 9.17) is 4.74 Å². The molecule has 1 heterocycles. The van der Waals surface area contributed by atoms with E-state index in [-0.39, 0.29) is 22.7 Å². The van der Waals surface area contributed by atoms with Gasteiger partial charge in [-0.3, -0.25) is 4.79 Å². The van der Waals surface area contributed by atoms with Crippen LogP contribution in [0.4, 0.5) is 4.79 Å². The van der Waals surface area contributed by atoms with Gasteiger partial charge in [-0.25, -0.2) is 13.2 Å². The summed E-state index contributed by atoms with van der Waals surface area (Å²) in [6.07, 6.45) is 2.26. The Morgan fingerprint density at radius 1 is 1.07 bits per heavy atom. The van der Waals surface area contributed by atoms with Crippen LogP contribution in [0.1, 0.15) is 44.0 Å². The summed E-state index contributed by atoms with van der Waals surface area (Å²) in [4.78, 5) is 27.3. The van der Waals surface area contributed by atoms with Gasteiger partial charge in [0.25, 0.3) is 0 Å². The van der Waals surface area contributed by atoms with Crippen molar-refractivity contribution in [3.8, 4) is 0 Å². The fourth-order valence-electron chi connectivity index (χ4n) is 3.53. The second-order valence-electron chi connectivity index (χ2n) is 8.63. The average molecular weight is 418 g/mol. The van der Waals surface area contributed by atoms with E-state index in [1.54, 1.807) is 41.3 Å². The number of ether oxygens (including phenoxy) is 1. The van der Waals surface area contributed by atoms with Gasteiger partial charge in [0.2, 0.25) is 0 Å². The third-order valence-corrected chi connectivity index (χ3v) is 6.08. The van der Waals surface area contributed by atoms with Gasteiger partial charge in [0.05, 0.1) is 4.90 Å². The first kappa shape index (κ1) is 21.3. The maximum Gasteiger partial charge on any atom is 0.410 e. The first-order valence-electron chi connectivity index (χ1n) is 9.70. The van der Waals surface area contributed by atoms with Gasteiger partial charge in [-0.2, -0.15) is 0 Å². The van der Waals surface area contributed by atoms with E-state index in [1.165, 1.54) is 6.26 Å². The number of amides is 1. The number of sulfone groups is 1. The zero-order chi connectivity index (χ0) is 21.4. The molecular weight excluding hydrogens is 390 g/mol. The molecule has 1 aliphatic rings. The highest BCUT2D eigenvalue weighted by molar-refractivity contribution is 7.90. The van der Waals surface area contributed by atoms with Crippen LogP contribution in [-0.2, 0) is 14.6 Å². The number of likely N-dealkylation sites (tertiary alicyclic amines) is 1. The molecule has 1 amide bonds. The highest BCUT2D eigenvalue weighted by atomic mass is 32.2. The largest absolute Gasteiger partial charge is 0.444 e. The lowest BCUT2D eigenvalue weighted by molar-refractivity contribution is 0.0172. The van der Waals surface area contributed by atoms with Crippen LogP contribution >= 0.6 is 0 Å². The van der Waals surface area contributed by atoms with Crippen molar-refractivity contribution in [2.45, 2.75) is 44.1 Å². The number of Topliss-reactive ketones (excluding diaryl/α,β-unsaturated/α-hetero) is 1. The normalized spacial score (nSPS) is 17.9. The molecule has 156 valence electrons. The smallest absolute Gasteiger partial charge is 0.410 e. The lowest BCUT2D eigenvalue weighted by atomic mass is 9.89. The Bertz CT molecular complexity index is 1050. The fourth-order valence-corrected chi connectivity index (χ4v) is 4.18. The highest BCUT2D eigenvalue weighted by Gasteiger charge is 2.31. The number of fused-ring (bicyclic) bond motifs is 1. The second kappa shape index (κ2) is 7.78. The van der Waals surface area contributed by atoms with Gasteiger partial charge in [-0.1, -0.05) is 18.2 Å². The van der Waals surface area contributed by atoms with Crippen molar-refractivity contribution in [1.29, 1.82) is 0 Å². The van der Waals surface area contributed by atoms with Gasteiger partial charge in [-0.15, -0.1) is 0 Å². The van der Waals surface area contributed by atoms with Gasteiger partial charge in [0.15, 0.2) is 15.6 Å². The summed E-state index contributed by atoms with van der Waals surface area (Å²) >= 11 is 0. The minimum Gasteiger partial charge on any atom is -0.444 e. The zero-order valence-corrected chi connectivity index (χ0v) is 18.1. The van der Waals surface area contributed by atoms with Crippen molar-refractivity contribution in [1.82, 2.24) is 4.90 Å². The van der Waals surface area contributed by atoms with Gasteiger partial charge in [0, 0.05) is 30.8 Å². The van der Waals surface area contributed by atoms with E-state index < -0.39 is 15.4 Å². The summed E-state index contributed by atoms with van der Waals surface area (Å²) < 4.78 is 28.9. The number of hydrogen-bond acceptors (Lipinski definition) is 5. The van der Waals surface area contributed by atoms with Crippen LogP contribution in [0.25, 0.3) is 10.8 Å². The Balaban J connectivity index is 1.78. The molecule has 0 spiro atoms. The molecule has 3 rings (SSSR count). The van der Waals surface area contributed by atoms with Gasteiger partial charge >= 0.3 is 6.09 Å². The summed E-state index contributed by atoms with van der Waals surface area (Å²) in [6.45, 7) is 6.40. The molecule has 0 N–H and O–H groups in total. The van der Waals surface area contributed by atoms with Crippen LogP contribution < -0.4 is 0 Å². The first-order valence-corrected chi connectivity index (χ1v) is 11.6. The number of piperidine rings is 1. The lowest BCUT2D eigenvalue weighted by Gasteiger charge is -2.33. The minimum atomic E-state index is -3.28. The van der Waals surface area contributed by atoms with E-state index in [1.807, 2.05) is 20.8 Å². The molecule has 0 aromatic heterocycles. The summed E-state index contributed by atoms with van der Waals surface area (Å²) in [6, 6.07) is 10.2. The van der Waals surface area contributed by atoms with Crippen molar-refractivity contribution in [3.05, 3.63) is 42.0 Å². The number of ketones is 1. The third kappa shape index (κ3) is 5.15. The van der Waals surface area contributed by atoms with Gasteiger partial charge < -0.3 is 9.64 Å². The number of carbonyl (C=O) groups is 2. The molecule has 1 saturated heterocycles. The van der Waals surface area contributed by atoms with Crippen LogP contribution in [0.2, 0.25) is 0 Å². The maximum absolute atomic E-state index is 13.0. The van der Waals surface area contributed by atoms with Crippen LogP contribution in [0.15, 0.2) is 41.3 Å². The molecule has 1 fully saturated rings. The van der Waals surface area contributed by atoms with Crippen LogP contribution in [-0.4, -0.2) is 50.1 Å². The maximum atomic E-state index is 13.0. The molecule has 0 radical (unpaired) electrons. The quantitative estimate of drug-likeness (QED) is 0.703. The zero-order valence-electron chi connectivity index (χ0n) is 17.3. The summed E-state index contributed by atoms with van der Waals surface area (Å²) in [7, 11) is -3.28. The molecule has 2 aromatic rings. The lowest BCUT2D eigenvalue weighted by Crippen LogP contribution is -2.44. The van der Waals surface area contributed by atoms with Crippen LogP contribution in [0, 0.1) is 5.92 Å². The van der Waals surface area contributed by atoms with Crippen molar-refractivity contribution in [2.75, 3.05) is 19.3 Å². The predicted octanol–water partition coefficient (Wildman–Crippen LogP) is 4.07. The highest BCUT2D eigenvalue weighted by Crippen LogP contribution is 2.26. The van der Waals surface area contributed by atoms with E-state index in [9.17, 15) is 18.0 Å². The Kier molecular flexibility index (Phi) is 5.72. The third-order valence-electron chi connectivity index (χ3n) is 4.97. The Morgan fingerprint density at radius 2 is 1.72 bits per heavy atom. The number of hydrogen-bond donors (Lipinski definition) is 0. The Hall–Kier alpha value is -2.41. The van der Waals surface area contributed by atoms with Gasteiger partial charge in [0.1, 0.15) is 5.60 Å². The number of nitrogens with zero attached hydrogens (tertiary/aromatic N) is 1. The Morgan fingerprint density at radius 3 is 2.38 bits per heavy atom. The van der Waals surface area contributed by atoms with Crippen LogP contribution in [0.3, 0.4) is 0 Å². The molecule has 0 aliphatic carbocycles. The van der Waals surface area contributed by atoms with E-state index >= 15 is 0 Å². The second-order valence-corrected chi connectivity index (χ2v) is 10.6. The molecule has 0 bridgehead atoms. The molecule has 1 atom stereocenters. The molecule has 0 saturated carbocycles. The first-order chi connectivity index (χ1) is 13.4. The molecular formula is C22H27NO5S. The molecule has 2 aromatic carbocycles. The molecule has 1 aliphatic heterocycles. The molecule has 6 nitrogen and oxygen atoms in total. The van der Waals surface area contributed by atoms with E-state index in [0.29, 0.717) is 18.7 Å². The molecule has 1 unspecified atom stereocenters. The fraction of sp³-hybridized carbons (Fsp3) is 0.455. The summed E-state index contributed by atoms with van der Waals surface area (Å²) in [5.74, 6) is -0.281. The molecule has 29 heavy (non-hydrogen) atoms. The molecule has 7 heteroatoms. The summed E-state index contributed by atoms with van der Waals surface area (Å²) in [5.41, 5.74) is -0.00218. The standard InChI is InChI=1S/C22H27NO5S/c1-22(2,3)28-21(25)23-11-5-6-18(14-23)20(24)17-8-7-16-13-19(29(4,26)27)10-9-15(16)12-17/h7-10,12-13,18H,5-6,11,14H2,1-4H3. The number of benzene rings is 2. The van der Waals surface area contributed by atoms with Crippen molar-refractivity contribution in [3.63, 3.8) is 0 Å². The predicted molar refractivity (Wildman–Crippen MR) is 112 cm³/mol. The minimum absolute atomic E-state index is 0.00708.